The minimum absolute atomic E-state index is 0.0518. The van der Waals surface area contributed by atoms with Crippen LogP contribution in [0.4, 0.5) is 0 Å². The zero-order valence-electron chi connectivity index (χ0n) is 19.3. The lowest BCUT2D eigenvalue weighted by Crippen LogP contribution is -2.29. The fraction of sp³-hybridized carbons (Fsp3) is 0.107. The number of benzene rings is 3. The third-order valence-corrected chi connectivity index (χ3v) is 6.44. The molecule has 0 saturated carbocycles. The molecule has 1 atom stereocenters. The van der Waals surface area contributed by atoms with Crippen LogP contribution in [-0.4, -0.2) is 27.8 Å². The molecule has 0 aliphatic carbocycles. The molecule has 3 aromatic carbocycles. The molecule has 0 radical (unpaired) electrons. The summed E-state index contributed by atoms with van der Waals surface area (Å²) in [5.74, 6) is -0.152. The molecule has 1 amide bonds. The van der Waals surface area contributed by atoms with E-state index in [-0.39, 0.29) is 19.1 Å². The number of aromatic nitrogens is 1. The highest BCUT2D eigenvalue weighted by Crippen LogP contribution is 2.20. The minimum Gasteiger partial charge on any atom is -0.489 e. The first-order valence-electron chi connectivity index (χ1n) is 11.2. The van der Waals surface area contributed by atoms with Crippen LogP contribution < -0.4 is 10.1 Å². The molecular formula is C28H24N2O5S. The molecule has 1 N–H and O–H groups in total. The van der Waals surface area contributed by atoms with Crippen molar-refractivity contribution < 1.29 is 23.3 Å². The first kappa shape index (κ1) is 24.8. The number of rotatable bonds is 10. The fourth-order valence-corrected chi connectivity index (χ4v) is 4.20. The molecule has 0 spiro atoms. The summed E-state index contributed by atoms with van der Waals surface area (Å²) in [5, 5.41) is 2.92. The quantitative estimate of drug-likeness (QED) is 0.258. The third-order valence-electron chi connectivity index (χ3n) is 5.12. The van der Waals surface area contributed by atoms with E-state index in [1.54, 1.807) is 66.7 Å². The third kappa shape index (κ3) is 7.10. The first-order valence-corrected chi connectivity index (χ1v) is 12.4. The lowest BCUT2D eigenvalue weighted by atomic mass is 10.2. The second kappa shape index (κ2) is 12.4. The summed E-state index contributed by atoms with van der Waals surface area (Å²) in [6.45, 7) is 0.225. The summed E-state index contributed by atoms with van der Waals surface area (Å²) in [7, 11) is -1.47. The summed E-state index contributed by atoms with van der Waals surface area (Å²) < 4.78 is 23.7. The van der Waals surface area contributed by atoms with Crippen molar-refractivity contribution >= 4 is 22.7 Å². The van der Waals surface area contributed by atoms with Crippen LogP contribution in [-0.2, 0) is 33.4 Å². The van der Waals surface area contributed by atoms with Gasteiger partial charge in [-0.3, -0.25) is 4.79 Å². The summed E-state index contributed by atoms with van der Waals surface area (Å²) >= 11 is 0. The van der Waals surface area contributed by atoms with Gasteiger partial charge >= 0.3 is 5.97 Å². The van der Waals surface area contributed by atoms with Crippen molar-refractivity contribution in [1.29, 1.82) is 0 Å². The second-order valence-corrected chi connectivity index (χ2v) is 9.17. The molecule has 4 aromatic rings. The van der Waals surface area contributed by atoms with E-state index in [0.717, 1.165) is 5.56 Å². The van der Waals surface area contributed by atoms with Crippen LogP contribution >= 0.6 is 0 Å². The van der Waals surface area contributed by atoms with E-state index >= 15 is 0 Å². The Morgan fingerprint density at radius 3 is 2.17 bits per heavy atom. The van der Waals surface area contributed by atoms with E-state index in [4.69, 9.17) is 9.47 Å². The summed E-state index contributed by atoms with van der Waals surface area (Å²) in [5.41, 5.74) is 2.12. The topological polar surface area (TPSA) is 94.6 Å². The van der Waals surface area contributed by atoms with Gasteiger partial charge in [0.25, 0.3) is 0 Å². The zero-order valence-corrected chi connectivity index (χ0v) is 20.1. The number of hydrogen-bond acceptors (Lipinski definition) is 6. The monoisotopic (exact) mass is 500 g/mol. The fourth-order valence-electron chi connectivity index (χ4n) is 3.23. The average molecular weight is 501 g/mol. The molecule has 1 aromatic heterocycles. The lowest BCUT2D eigenvalue weighted by Gasteiger charge is -2.08. The second-order valence-electron chi connectivity index (χ2n) is 7.74. The number of pyridine rings is 1. The molecule has 0 aliphatic heterocycles. The van der Waals surface area contributed by atoms with Gasteiger partial charge in [0, 0.05) is 11.1 Å². The van der Waals surface area contributed by atoms with Crippen molar-refractivity contribution in [3.05, 3.63) is 120 Å². The van der Waals surface area contributed by atoms with E-state index < -0.39 is 16.8 Å². The van der Waals surface area contributed by atoms with Crippen molar-refractivity contribution in [1.82, 2.24) is 10.3 Å². The van der Waals surface area contributed by atoms with E-state index in [1.165, 1.54) is 6.20 Å². The Morgan fingerprint density at radius 2 is 1.50 bits per heavy atom. The van der Waals surface area contributed by atoms with Crippen LogP contribution in [0, 0.1) is 0 Å². The Kier molecular flexibility index (Phi) is 8.56. The Labute approximate surface area is 211 Å². The number of esters is 1. The lowest BCUT2D eigenvalue weighted by molar-refractivity contribution is -0.121. The van der Waals surface area contributed by atoms with Crippen LogP contribution in [0.5, 0.6) is 5.75 Å². The molecule has 1 unspecified atom stereocenters. The highest BCUT2D eigenvalue weighted by Gasteiger charge is 2.11. The van der Waals surface area contributed by atoms with Crippen molar-refractivity contribution in [2.75, 3.05) is 6.73 Å². The van der Waals surface area contributed by atoms with Gasteiger partial charge in [-0.25, -0.2) is 14.0 Å². The van der Waals surface area contributed by atoms with Crippen LogP contribution in [0.3, 0.4) is 0 Å². The number of nitrogens with one attached hydrogen (secondary N) is 1. The van der Waals surface area contributed by atoms with E-state index in [9.17, 15) is 13.8 Å². The predicted octanol–water partition coefficient (Wildman–Crippen LogP) is 4.30. The number of hydrogen-bond donors (Lipinski definition) is 1. The van der Waals surface area contributed by atoms with Gasteiger partial charge in [-0.05, 0) is 53.6 Å². The molecule has 7 nitrogen and oxygen atoms in total. The minimum atomic E-state index is -1.47. The smallest absolute Gasteiger partial charge is 0.339 e. The largest absolute Gasteiger partial charge is 0.489 e. The Bertz CT molecular complexity index is 1310. The summed E-state index contributed by atoms with van der Waals surface area (Å²) in [6.07, 6.45) is 1.57. The zero-order chi connectivity index (χ0) is 25.2. The maximum Gasteiger partial charge on any atom is 0.339 e. The molecule has 4 rings (SSSR count). The summed E-state index contributed by atoms with van der Waals surface area (Å²) in [6, 6.07) is 28.8. The van der Waals surface area contributed by atoms with Gasteiger partial charge < -0.3 is 14.8 Å². The van der Waals surface area contributed by atoms with Crippen LogP contribution in [0.25, 0.3) is 0 Å². The number of nitrogens with zero attached hydrogens (tertiary/aromatic N) is 1. The molecule has 0 fully saturated rings. The maximum absolute atomic E-state index is 12.9. The number of carbonyl (C=O) groups is 2. The van der Waals surface area contributed by atoms with Gasteiger partial charge in [0.1, 0.15) is 28.2 Å². The van der Waals surface area contributed by atoms with Crippen molar-refractivity contribution in [2.45, 2.75) is 22.9 Å². The molecule has 1 heterocycles. The molecule has 0 aliphatic rings. The highest BCUT2D eigenvalue weighted by molar-refractivity contribution is 7.85. The maximum atomic E-state index is 12.9. The van der Waals surface area contributed by atoms with Gasteiger partial charge in [-0.2, -0.15) is 0 Å². The van der Waals surface area contributed by atoms with Gasteiger partial charge in [0.05, 0.1) is 12.0 Å². The number of ether oxygens (including phenoxy) is 2. The molecular weight excluding hydrogens is 476 g/mol. The molecule has 182 valence electrons. The predicted molar refractivity (Wildman–Crippen MR) is 135 cm³/mol. The van der Waals surface area contributed by atoms with Crippen LogP contribution in [0.1, 0.15) is 21.5 Å². The SMILES string of the molecule is O=C(Cc1ccc(S(=O)c2ccc(OCc3ccccc3)cc2)nc1)NCOC(=O)c1ccccc1. The van der Waals surface area contributed by atoms with E-state index in [0.29, 0.717) is 33.4 Å². The van der Waals surface area contributed by atoms with Crippen molar-refractivity contribution in [2.24, 2.45) is 0 Å². The first-order chi connectivity index (χ1) is 17.6. The summed E-state index contributed by atoms with van der Waals surface area (Å²) in [4.78, 5) is 28.9. The van der Waals surface area contributed by atoms with E-state index in [1.807, 2.05) is 30.3 Å². The van der Waals surface area contributed by atoms with Crippen molar-refractivity contribution in [3.8, 4) is 5.75 Å². The van der Waals surface area contributed by atoms with Gasteiger partial charge in [-0.1, -0.05) is 54.6 Å². The molecule has 36 heavy (non-hydrogen) atoms. The van der Waals surface area contributed by atoms with Crippen LogP contribution in [0.2, 0.25) is 0 Å². The average Bonchev–Trinajstić information content (AvgIpc) is 2.93. The van der Waals surface area contributed by atoms with Gasteiger partial charge in [0.15, 0.2) is 6.73 Å². The Morgan fingerprint density at radius 1 is 0.806 bits per heavy atom. The Balaban J connectivity index is 1.24. The standard InChI is InChI=1S/C28H24N2O5S/c31-26(30-20-35-28(32)23-9-5-2-6-10-23)17-22-11-16-27(29-18-22)36(33)25-14-12-24(13-15-25)34-19-21-7-3-1-4-8-21/h1-16,18H,17,19-20H2,(H,30,31). The number of amides is 1. The van der Waals surface area contributed by atoms with Gasteiger partial charge in [0.2, 0.25) is 5.91 Å². The molecule has 0 bridgehead atoms. The normalized spacial score (nSPS) is 11.3. The van der Waals surface area contributed by atoms with Crippen molar-refractivity contribution in [3.63, 3.8) is 0 Å². The molecule has 0 saturated heterocycles. The molecule has 8 heteroatoms. The van der Waals surface area contributed by atoms with E-state index in [2.05, 4.69) is 10.3 Å². The highest BCUT2D eigenvalue weighted by atomic mass is 32.2. The number of carbonyl (C=O) groups excluding carboxylic acids is 2. The van der Waals surface area contributed by atoms with Crippen LogP contribution in [0.15, 0.2) is 113 Å². The van der Waals surface area contributed by atoms with Gasteiger partial charge in [-0.15, -0.1) is 0 Å². The Hall–Kier alpha value is -4.30.